The van der Waals surface area contributed by atoms with E-state index < -0.39 is 0 Å². The van der Waals surface area contributed by atoms with Crippen molar-refractivity contribution in [3.8, 4) is 0 Å². The third kappa shape index (κ3) is 2.61. The molecule has 0 aromatic carbocycles. The Kier molecular flexibility index (Phi) is 3.59. The van der Waals surface area contributed by atoms with E-state index in [1.165, 1.54) is 5.56 Å². The summed E-state index contributed by atoms with van der Waals surface area (Å²) in [6, 6.07) is 4.23. The van der Waals surface area contributed by atoms with Gasteiger partial charge in [0.2, 0.25) is 5.91 Å². The smallest absolute Gasteiger partial charge is 0.224 e. The van der Waals surface area contributed by atoms with Gasteiger partial charge in [-0.3, -0.25) is 9.78 Å². The van der Waals surface area contributed by atoms with Gasteiger partial charge in [0.25, 0.3) is 0 Å². The zero-order valence-corrected chi connectivity index (χ0v) is 10.9. The number of halogens is 1. The lowest BCUT2D eigenvalue weighted by Gasteiger charge is -2.24. The summed E-state index contributed by atoms with van der Waals surface area (Å²) in [5.74, 6) is 0.248. The standard InChI is InChI=1S/C12H15BrN2O/c1-9(5-10-3-2-4-14-7-10)15-8-11(13)6-12(15)16/h2-4,7,9,11H,5-6,8H2,1H3. The van der Waals surface area contributed by atoms with Crippen LogP contribution in [0, 0.1) is 0 Å². The SMILES string of the molecule is CC(Cc1cccnc1)N1CC(Br)CC1=O. The van der Waals surface area contributed by atoms with Crippen LogP contribution in [0.1, 0.15) is 18.9 Å². The molecule has 4 heteroatoms. The molecule has 0 N–H and O–H groups in total. The number of likely N-dealkylation sites (tertiary alicyclic amines) is 1. The molecule has 0 spiro atoms. The summed E-state index contributed by atoms with van der Waals surface area (Å²) in [4.78, 5) is 18.0. The van der Waals surface area contributed by atoms with Crippen molar-refractivity contribution in [2.45, 2.75) is 30.6 Å². The van der Waals surface area contributed by atoms with Gasteiger partial charge in [0.15, 0.2) is 0 Å². The summed E-state index contributed by atoms with van der Waals surface area (Å²) < 4.78 is 0. The molecule has 0 radical (unpaired) electrons. The normalized spacial score (nSPS) is 22.5. The van der Waals surface area contributed by atoms with Gasteiger partial charge in [-0.05, 0) is 25.0 Å². The van der Waals surface area contributed by atoms with Gasteiger partial charge >= 0.3 is 0 Å². The van der Waals surface area contributed by atoms with Crippen LogP contribution in [-0.4, -0.2) is 33.2 Å². The predicted octanol–water partition coefficient (Wildman–Crippen LogP) is 2.01. The number of aromatic nitrogens is 1. The van der Waals surface area contributed by atoms with Crippen molar-refractivity contribution in [2.75, 3.05) is 6.54 Å². The summed E-state index contributed by atoms with van der Waals surface area (Å²) in [5.41, 5.74) is 1.18. The summed E-state index contributed by atoms with van der Waals surface area (Å²) in [6.45, 7) is 2.91. The average Bonchev–Trinajstić information content (AvgIpc) is 2.59. The van der Waals surface area contributed by atoms with E-state index in [9.17, 15) is 4.79 Å². The first-order chi connectivity index (χ1) is 7.66. The number of hydrogen-bond acceptors (Lipinski definition) is 2. The minimum atomic E-state index is 0.248. The molecule has 0 saturated carbocycles. The fraction of sp³-hybridized carbons (Fsp3) is 0.500. The number of rotatable bonds is 3. The Balaban J connectivity index is 1.98. The molecule has 1 fully saturated rings. The molecule has 1 amide bonds. The van der Waals surface area contributed by atoms with Gasteiger partial charge in [0, 0.05) is 36.2 Å². The first-order valence-corrected chi connectivity index (χ1v) is 6.41. The fourth-order valence-electron chi connectivity index (χ4n) is 2.08. The molecule has 86 valence electrons. The van der Waals surface area contributed by atoms with Crippen LogP contribution in [0.15, 0.2) is 24.5 Å². The van der Waals surface area contributed by atoms with Crippen molar-refractivity contribution in [3.05, 3.63) is 30.1 Å². The quantitative estimate of drug-likeness (QED) is 0.795. The molecule has 3 nitrogen and oxygen atoms in total. The summed E-state index contributed by atoms with van der Waals surface area (Å²) in [6.07, 6.45) is 5.13. The minimum Gasteiger partial charge on any atom is -0.338 e. The highest BCUT2D eigenvalue weighted by molar-refractivity contribution is 9.09. The molecule has 2 unspecified atom stereocenters. The monoisotopic (exact) mass is 282 g/mol. The first kappa shape index (κ1) is 11.6. The van der Waals surface area contributed by atoms with Gasteiger partial charge in [-0.1, -0.05) is 22.0 Å². The highest BCUT2D eigenvalue weighted by Crippen LogP contribution is 2.21. The van der Waals surface area contributed by atoms with Crippen molar-refractivity contribution in [1.82, 2.24) is 9.88 Å². The molecule has 2 atom stereocenters. The molecule has 1 saturated heterocycles. The average molecular weight is 283 g/mol. The zero-order valence-electron chi connectivity index (χ0n) is 9.27. The lowest BCUT2D eigenvalue weighted by atomic mass is 10.1. The maximum absolute atomic E-state index is 11.7. The van der Waals surface area contributed by atoms with Crippen molar-refractivity contribution in [1.29, 1.82) is 0 Å². The molecule has 0 aliphatic carbocycles. The van der Waals surface area contributed by atoms with E-state index in [1.54, 1.807) is 6.20 Å². The van der Waals surface area contributed by atoms with Gasteiger partial charge in [-0.15, -0.1) is 0 Å². The highest BCUT2D eigenvalue weighted by atomic mass is 79.9. The van der Waals surface area contributed by atoms with Crippen LogP contribution in [0.2, 0.25) is 0 Å². The van der Waals surface area contributed by atoms with Gasteiger partial charge < -0.3 is 4.90 Å². The molecule has 2 heterocycles. The molecule has 1 aromatic heterocycles. The molecule has 1 aliphatic heterocycles. The lowest BCUT2D eigenvalue weighted by Crippen LogP contribution is -2.36. The fourth-order valence-corrected chi connectivity index (χ4v) is 2.67. The van der Waals surface area contributed by atoms with E-state index in [2.05, 4.69) is 33.9 Å². The van der Waals surface area contributed by atoms with E-state index in [1.807, 2.05) is 17.2 Å². The first-order valence-electron chi connectivity index (χ1n) is 5.49. The Morgan fingerprint density at radius 3 is 3.06 bits per heavy atom. The lowest BCUT2D eigenvalue weighted by molar-refractivity contribution is -0.129. The van der Waals surface area contributed by atoms with Crippen LogP contribution in [0.5, 0.6) is 0 Å². The minimum absolute atomic E-state index is 0.248. The number of hydrogen-bond donors (Lipinski definition) is 0. The van der Waals surface area contributed by atoms with E-state index in [0.29, 0.717) is 11.2 Å². The van der Waals surface area contributed by atoms with Crippen LogP contribution in [0.4, 0.5) is 0 Å². The second-order valence-corrected chi connectivity index (χ2v) is 5.56. The summed E-state index contributed by atoms with van der Waals surface area (Å²) >= 11 is 3.50. The Morgan fingerprint density at radius 1 is 1.69 bits per heavy atom. The van der Waals surface area contributed by atoms with Crippen LogP contribution in [-0.2, 0) is 11.2 Å². The van der Waals surface area contributed by atoms with E-state index >= 15 is 0 Å². The van der Waals surface area contributed by atoms with Crippen molar-refractivity contribution < 1.29 is 4.79 Å². The van der Waals surface area contributed by atoms with Gasteiger partial charge in [-0.2, -0.15) is 0 Å². The highest BCUT2D eigenvalue weighted by Gasteiger charge is 2.30. The maximum atomic E-state index is 11.7. The van der Waals surface area contributed by atoms with Gasteiger partial charge in [-0.25, -0.2) is 0 Å². The van der Waals surface area contributed by atoms with E-state index in [-0.39, 0.29) is 11.9 Å². The van der Waals surface area contributed by atoms with Gasteiger partial charge in [0.05, 0.1) is 0 Å². The van der Waals surface area contributed by atoms with Crippen molar-refractivity contribution in [3.63, 3.8) is 0 Å². The summed E-state index contributed by atoms with van der Waals surface area (Å²) in [7, 11) is 0. The Morgan fingerprint density at radius 2 is 2.50 bits per heavy atom. The molecule has 2 rings (SSSR count). The molecule has 1 aliphatic rings. The molecular weight excluding hydrogens is 268 g/mol. The summed E-state index contributed by atoms with van der Waals surface area (Å²) in [5, 5.41) is 0. The van der Waals surface area contributed by atoms with E-state index in [4.69, 9.17) is 0 Å². The van der Waals surface area contributed by atoms with Crippen LogP contribution in [0.3, 0.4) is 0 Å². The number of carbonyl (C=O) groups excluding carboxylic acids is 1. The number of nitrogens with zero attached hydrogens (tertiary/aromatic N) is 2. The van der Waals surface area contributed by atoms with Crippen LogP contribution in [0.25, 0.3) is 0 Å². The second kappa shape index (κ2) is 4.95. The molecule has 16 heavy (non-hydrogen) atoms. The predicted molar refractivity (Wildman–Crippen MR) is 66.4 cm³/mol. The van der Waals surface area contributed by atoms with Crippen LogP contribution < -0.4 is 0 Å². The van der Waals surface area contributed by atoms with E-state index in [0.717, 1.165) is 13.0 Å². The third-order valence-corrected chi connectivity index (χ3v) is 3.51. The van der Waals surface area contributed by atoms with Crippen LogP contribution >= 0.6 is 15.9 Å². The van der Waals surface area contributed by atoms with Crippen molar-refractivity contribution >= 4 is 21.8 Å². The Hall–Kier alpha value is -0.900. The molecule has 1 aromatic rings. The second-order valence-electron chi connectivity index (χ2n) is 4.26. The third-order valence-electron chi connectivity index (χ3n) is 2.90. The number of amides is 1. The van der Waals surface area contributed by atoms with Crippen molar-refractivity contribution in [2.24, 2.45) is 0 Å². The number of carbonyl (C=O) groups is 1. The molecule has 0 bridgehead atoms. The Labute approximate surface area is 104 Å². The topological polar surface area (TPSA) is 33.2 Å². The number of pyridine rings is 1. The largest absolute Gasteiger partial charge is 0.338 e. The Bertz CT molecular complexity index is 369. The zero-order chi connectivity index (χ0) is 11.5. The number of alkyl halides is 1. The van der Waals surface area contributed by atoms with Gasteiger partial charge in [0.1, 0.15) is 0 Å². The molecular formula is C12H15BrN2O. The maximum Gasteiger partial charge on any atom is 0.224 e.